The van der Waals surface area contributed by atoms with Gasteiger partial charge in [-0.3, -0.25) is 0 Å². The average molecular weight is 300 g/mol. The van der Waals surface area contributed by atoms with E-state index in [9.17, 15) is 22.0 Å². The maximum Gasteiger partial charge on any atom is 0.633 e. The van der Waals surface area contributed by atoms with Crippen LogP contribution in [0.4, 0.5) is 22.0 Å². The number of rotatable bonds is 1. The van der Waals surface area contributed by atoms with Crippen molar-refractivity contribution >= 4 is 12.6 Å². The molecule has 0 amide bonds. The van der Waals surface area contributed by atoms with Crippen LogP contribution in [0.5, 0.6) is 11.5 Å². The third-order valence-corrected chi connectivity index (χ3v) is 2.99. The van der Waals surface area contributed by atoms with E-state index in [-0.39, 0.29) is 5.46 Å². The molecule has 0 aliphatic carbocycles. The fourth-order valence-corrected chi connectivity index (χ4v) is 2.06. The second kappa shape index (κ2) is 4.65. The predicted molar refractivity (Wildman–Crippen MR) is 64.4 cm³/mol. The zero-order valence-corrected chi connectivity index (χ0v) is 10.2. The number of fused-ring (bicyclic) bond motifs is 1. The van der Waals surface area contributed by atoms with Crippen molar-refractivity contribution in [2.45, 2.75) is 6.18 Å². The molecule has 0 N–H and O–H groups in total. The van der Waals surface area contributed by atoms with Gasteiger partial charge < -0.3 is 9.31 Å². The summed E-state index contributed by atoms with van der Waals surface area (Å²) in [4.78, 5) is 0. The molecule has 0 bridgehead atoms. The standard InChI is InChI=1S/C13H6BF5O2/c15-9-5-6-10(16)12-11(9)20-14(21-12)8-4-2-1-3-7(8)13(17,18)19/h1-6H. The Kier molecular flexibility index (Phi) is 3.04. The van der Waals surface area contributed by atoms with Crippen LogP contribution < -0.4 is 14.8 Å². The van der Waals surface area contributed by atoms with E-state index in [4.69, 9.17) is 9.31 Å². The smallest absolute Gasteiger partial charge is 0.517 e. The van der Waals surface area contributed by atoms with Crippen molar-refractivity contribution in [1.29, 1.82) is 0 Å². The molecule has 8 heteroatoms. The first kappa shape index (κ1) is 13.7. The number of hydrogen-bond acceptors (Lipinski definition) is 2. The van der Waals surface area contributed by atoms with Crippen LogP contribution in [0.1, 0.15) is 5.56 Å². The van der Waals surface area contributed by atoms with Gasteiger partial charge in [-0.05, 0) is 12.1 Å². The Hall–Kier alpha value is -2.25. The molecule has 3 rings (SSSR count). The second-order valence-corrected chi connectivity index (χ2v) is 4.34. The van der Waals surface area contributed by atoms with E-state index in [1.165, 1.54) is 12.1 Å². The molecular weight excluding hydrogens is 294 g/mol. The van der Waals surface area contributed by atoms with Crippen molar-refractivity contribution in [1.82, 2.24) is 0 Å². The number of benzene rings is 2. The van der Waals surface area contributed by atoms with Crippen molar-refractivity contribution in [3.63, 3.8) is 0 Å². The molecule has 0 radical (unpaired) electrons. The van der Waals surface area contributed by atoms with Crippen molar-refractivity contribution in [2.75, 3.05) is 0 Å². The van der Waals surface area contributed by atoms with Gasteiger partial charge in [0.15, 0.2) is 23.1 Å². The summed E-state index contributed by atoms with van der Waals surface area (Å²) in [5.74, 6) is -2.87. The van der Waals surface area contributed by atoms with Crippen LogP contribution in [0.15, 0.2) is 36.4 Å². The average Bonchev–Trinajstić information content (AvgIpc) is 2.88. The summed E-state index contributed by atoms with van der Waals surface area (Å²) in [6.45, 7) is 0. The Labute approximate surface area is 116 Å². The Morgan fingerprint density at radius 3 is 1.86 bits per heavy atom. The molecule has 0 atom stereocenters. The Balaban J connectivity index is 2.03. The minimum absolute atomic E-state index is 0.347. The molecule has 0 fully saturated rings. The highest BCUT2D eigenvalue weighted by Gasteiger charge is 2.44. The highest BCUT2D eigenvalue weighted by molar-refractivity contribution is 6.64. The van der Waals surface area contributed by atoms with Gasteiger partial charge in [-0.2, -0.15) is 13.2 Å². The van der Waals surface area contributed by atoms with E-state index < -0.39 is 42.0 Å². The van der Waals surface area contributed by atoms with Gasteiger partial charge in [-0.1, -0.05) is 24.3 Å². The molecule has 2 aromatic carbocycles. The van der Waals surface area contributed by atoms with Gasteiger partial charge >= 0.3 is 13.3 Å². The van der Waals surface area contributed by atoms with E-state index in [0.29, 0.717) is 0 Å². The molecule has 0 aromatic heterocycles. The summed E-state index contributed by atoms with van der Waals surface area (Å²) < 4.78 is 75.8. The maximum atomic E-state index is 13.5. The first-order valence-corrected chi connectivity index (χ1v) is 5.85. The fraction of sp³-hybridized carbons (Fsp3) is 0.0769. The Bertz CT molecular complexity index is 670. The second-order valence-electron chi connectivity index (χ2n) is 4.34. The summed E-state index contributed by atoms with van der Waals surface area (Å²) in [7, 11) is -1.55. The molecular formula is C13H6BF5O2. The lowest BCUT2D eigenvalue weighted by atomic mass is 9.76. The minimum Gasteiger partial charge on any atom is -0.517 e. The van der Waals surface area contributed by atoms with Crippen LogP contribution in [0.3, 0.4) is 0 Å². The van der Waals surface area contributed by atoms with Gasteiger partial charge in [0.1, 0.15) is 0 Å². The van der Waals surface area contributed by atoms with Crippen LogP contribution in [0, 0.1) is 11.6 Å². The van der Waals surface area contributed by atoms with Crippen LogP contribution >= 0.6 is 0 Å². The summed E-state index contributed by atoms with van der Waals surface area (Å²) >= 11 is 0. The SMILES string of the molecule is Fc1ccc(F)c2c1OB(c1ccccc1C(F)(F)F)O2. The largest absolute Gasteiger partial charge is 0.633 e. The summed E-state index contributed by atoms with van der Waals surface area (Å²) in [6.07, 6.45) is -4.63. The Morgan fingerprint density at radius 2 is 1.33 bits per heavy atom. The zero-order valence-electron chi connectivity index (χ0n) is 10.2. The number of hydrogen-bond donors (Lipinski definition) is 0. The van der Waals surface area contributed by atoms with E-state index >= 15 is 0 Å². The molecule has 108 valence electrons. The molecule has 0 saturated heterocycles. The van der Waals surface area contributed by atoms with Crippen molar-refractivity contribution in [2.24, 2.45) is 0 Å². The van der Waals surface area contributed by atoms with Gasteiger partial charge in [0.2, 0.25) is 0 Å². The van der Waals surface area contributed by atoms with Crippen molar-refractivity contribution in [3.05, 3.63) is 53.6 Å². The van der Waals surface area contributed by atoms with Crippen LogP contribution in [-0.4, -0.2) is 7.12 Å². The summed E-state index contributed by atoms with van der Waals surface area (Å²) in [5.41, 5.74) is -1.33. The number of halogens is 5. The molecule has 2 nitrogen and oxygen atoms in total. The normalized spacial score (nSPS) is 13.7. The van der Waals surface area contributed by atoms with E-state index in [1.807, 2.05) is 0 Å². The van der Waals surface area contributed by atoms with E-state index in [0.717, 1.165) is 24.3 Å². The molecule has 1 aliphatic rings. The topological polar surface area (TPSA) is 18.5 Å². The quantitative estimate of drug-likeness (QED) is 0.595. The lowest BCUT2D eigenvalue weighted by molar-refractivity contribution is -0.136. The molecule has 1 heterocycles. The fourth-order valence-electron chi connectivity index (χ4n) is 2.06. The van der Waals surface area contributed by atoms with Gasteiger partial charge in [0.05, 0.1) is 5.56 Å². The molecule has 0 saturated carbocycles. The van der Waals surface area contributed by atoms with Gasteiger partial charge in [0.25, 0.3) is 0 Å². The lowest BCUT2D eigenvalue weighted by Crippen LogP contribution is -2.43. The number of alkyl halides is 3. The third kappa shape index (κ3) is 2.30. The maximum absolute atomic E-state index is 13.5. The highest BCUT2D eigenvalue weighted by atomic mass is 19.4. The first-order chi connectivity index (χ1) is 9.88. The first-order valence-electron chi connectivity index (χ1n) is 5.85. The van der Waals surface area contributed by atoms with Crippen LogP contribution in [0.2, 0.25) is 0 Å². The predicted octanol–water partition coefficient (Wildman–Crippen LogP) is 3.15. The molecule has 2 aromatic rings. The third-order valence-electron chi connectivity index (χ3n) is 2.99. The molecule has 0 unspecified atom stereocenters. The van der Waals surface area contributed by atoms with Crippen LogP contribution in [-0.2, 0) is 6.18 Å². The lowest BCUT2D eigenvalue weighted by Gasteiger charge is -2.13. The molecule has 21 heavy (non-hydrogen) atoms. The van der Waals surface area contributed by atoms with E-state index in [2.05, 4.69) is 0 Å². The summed E-state index contributed by atoms with van der Waals surface area (Å²) in [5, 5.41) is 0. The van der Waals surface area contributed by atoms with Crippen molar-refractivity contribution in [3.8, 4) is 11.5 Å². The molecule has 1 aliphatic heterocycles. The molecule has 0 spiro atoms. The van der Waals surface area contributed by atoms with Gasteiger partial charge in [0, 0.05) is 5.46 Å². The van der Waals surface area contributed by atoms with Gasteiger partial charge in [-0.25, -0.2) is 8.78 Å². The summed E-state index contributed by atoms with van der Waals surface area (Å²) in [6, 6.07) is 6.17. The van der Waals surface area contributed by atoms with Crippen molar-refractivity contribution < 1.29 is 31.3 Å². The van der Waals surface area contributed by atoms with Crippen LogP contribution in [0.25, 0.3) is 0 Å². The zero-order chi connectivity index (χ0) is 15.2. The monoisotopic (exact) mass is 300 g/mol. The Morgan fingerprint density at radius 1 is 0.810 bits per heavy atom. The minimum atomic E-state index is -4.63. The highest BCUT2D eigenvalue weighted by Crippen LogP contribution is 2.39. The van der Waals surface area contributed by atoms with Gasteiger partial charge in [-0.15, -0.1) is 0 Å². The van der Waals surface area contributed by atoms with E-state index in [1.54, 1.807) is 0 Å².